The van der Waals surface area contributed by atoms with E-state index in [-0.39, 0.29) is 25.4 Å². The van der Waals surface area contributed by atoms with Crippen LogP contribution in [0.1, 0.15) is 20.3 Å². The second-order valence-electron chi connectivity index (χ2n) is 4.79. The monoisotopic (exact) mass is 230 g/mol. The molecule has 0 aromatic rings. The van der Waals surface area contributed by atoms with Crippen LogP contribution in [0.4, 0.5) is 0 Å². The number of rotatable bonds is 3. The van der Waals surface area contributed by atoms with Crippen LogP contribution in [0, 0.1) is 5.41 Å². The number of aliphatic hydroxyl groups is 1. The highest BCUT2D eigenvalue weighted by molar-refractivity contribution is 5.87. The first-order valence-corrected chi connectivity index (χ1v) is 5.21. The molecular weight excluding hydrogens is 212 g/mol. The van der Waals surface area contributed by atoms with Crippen molar-refractivity contribution in [3.8, 4) is 0 Å². The maximum atomic E-state index is 12.0. The van der Waals surface area contributed by atoms with E-state index in [0.29, 0.717) is 0 Å². The molecule has 1 heterocycles. The second-order valence-corrected chi connectivity index (χ2v) is 4.79. The van der Waals surface area contributed by atoms with E-state index in [1.807, 2.05) is 0 Å². The largest absolute Gasteiger partial charge is 0.480 e. The Morgan fingerprint density at radius 2 is 2.06 bits per heavy atom. The summed E-state index contributed by atoms with van der Waals surface area (Å²) in [5.41, 5.74) is 4.68. The maximum Gasteiger partial charge on any atom is 0.326 e. The fraction of sp³-hybridized carbons (Fsp3) is 0.800. The lowest BCUT2D eigenvalue weighted by Gasteiger charge is -2.30. The number of aliphatic carboxylic acids is 1. The first-order valence-electron chi connectivity index (χ1n) is 5.21. The summed E-state index contributed by atoms with van der Waals surface area (Å²) in [5, 5.41) is 18.4. The summed E-state index contributed by atoms with van der Waals surface area (Å²) in [6.45, 7) is 3.54. The quantitative estimate of drug-likeness (QED) is 0.578. The summed E-state index contributed by atoms with van der Waals surface area (Å²) in [6.07, 6.45) is -0.680. The second kappa shape index (κ2) is 4.39. The highest BCUT2D eigenvalue weighted by Crippen LogP contribution is 2.25. The average molecular weight is 230 g/mol. The van der Waals surface area contributed by atoms with E-state index < -0.39 is 23.5 Å². The lowest BCUT2D eigenvalue weighted by molar-refractivity contribution is -0.152. The standard InChI is InChI=1S/C10H18N2O4/c1-10(2,5-11)9(16)12-4-6(13)3-7(12)8(14)15/h6-7,13H,3-5,11H2,1-2H3,(H,14,15). The Labute approximate surface area is 94.0 Å². The third-order valence-electron chi connectivity index (χ3n) is 2.91. The van der Waals surface area contributed by atoms with Crippen LogP contribution in [0.25, 0.3) is 0 Å². The fourth-order valence-electron chi connectivity index (χ4n) is 1.75. The van der Waals surface area contributed by atoms with Gasteiger partial charge in [0.25, 0.3) is 0 Å². The van der Waals surface area contributed by atoms with Crippen molar-refractivity contribution in [3.63, 3.8) is 0 Å². The minimum absolute atomic E-state index is 0.0687. The van der Waals surface area contributed by atoms with Gasteiger partial charge in [-0.1, -0.05) is 0 Å². The smallest absolute Gasteiger partial charge is 0.326 e. The third kappa shape index (κ3) is 2.33. The van der Waals surface area contributed by atoms with Gasteiger partial charge in [-0.25, -0.2) is 4.79 Å². The van der Waals surface area contributed by atoms with Gasteiger partial charge in [0, 0.05) is 19.5 Å². The molecule has 16 heavy (non-hydrogen) atoms. The van der Waals surface area contributed by atoms with E-state index in [2.05, 4.69) is 0 Å². The van der Waals surface area contributed by atoms with Crippen LogP contribution in [0.2, 0.25) is 0 Å². The van der Waals surface area contributed by atoms with E-state index in [0.717, 1.165) is 0 Å². The molecule has 4 N–H and O–H groups in total. The zero-order valence-electron chi connectivity index (χ0n) is 9.51. The van der Waals surface area contributed by atoms with Gasteiger partial charge >= 0.3 is 5.97 Å². The summed E-state index contributed by atoms with van der Waals surface area (Å²) in [6, 6.07) is -0.937. The Bertz CT molecular complexity index is 303. The zero-order valence-corrected chi connectivity index (χ0v) is 9.51. The Hall–Kier alpha value is -1.14. The van der Waals surface area contributed by atoms with Crippen molar-refractivity contribution in [1.29, 1.82) is 0 Å². The first kappa shape index (κ1) is 12.9. The number of aliphatic hydroxyl groups excluding tert-OH is 1. The molecule has 0 radical (unpaired) electrons. The minimum Gasteiger partial charge on any atom is -0.480 e. The lowest BCUT2D eigenvalue weighted by atomic mass is 9.91. The fourth-order valence-corrected chi connectivity index (χ4v) is 1.75. The van der Waals surface area contributed by atoms with Gasteiger partial charge in [0.1, 0.15) is 6.04 Å². The molecule has 1 aliphatic heterocycles. The number of β-amino-alcohol motifs (C(OH)–C–C–N with tert-alkyl or cyclic N) is 1. The predicted octanol–water partition coefficient (Wildman–Crippen LogP) is -0.982. The molecule has 92 valence electrons. The number of carboxylic acids is 1. The van der Waals surface area contributed by atoms with Crippen LogP contribution in [0.3, 0.4) is 0 Å². The summed E-state index contributed by atoms with van der Waals surface area (Å²) in [4.78, 5) is 24.2. The van der Waals surface area contributed by atoms with Crippen LogP contribution in [0.15, 0.2) is 0 Å². The topological polar surface area (TPSA) is 104 Å². The van der Waals surface area contributed by atoms with E-state index >= 15 is 0 Å². The molecule has 0 spiro atoms. The van der Waals surface area contributed by atoms with E-state index in [9.17, 15) is 14.7 Å². The third-order valence-corrected chi connectivity index (χ3v) is 2.91. The van der Waals surface area contributed by atoms with Gasteiger partial charge in [-0.05, 0) is 13.8 Å². The number of likely N-dealkylation sites (tertiary alicyclic amines) is 1. The molecule has 0 aromatic carbocycles. The van der Waals surface area contributed by atoms with Crippen molar-refractivity contribution in [3.05, 3.63) is 0 Å². The molecule has 1 fully saturated rings. The normalized spacial score (nSPS) is 25.9. The van der Waals surface area contributed by atoms with Crippen molar-refractivity contribution in [2.24, 2.45) is 11.1 Å². The van der Waals surface area contributed by atoms with Crippen molar-refractivity contribution >= 4 is 11.9 Å². The van der Waals surface area contributed by atoms with Crippen molar-refractivity contribution < 1.29 is 19.8 Å². The van der Waals surface area contributed by atoms with Crippen LogP contribution < -0.4 is 5.73 Å². The Morgan fingerprint density at radius 3 is 2.50 bits per heavy atom. The molecule has 2 unspecified atom stereocenters. The Morgan fingerprint density at radius 1 is 1.50 bits per heavy atom. The van der Waals surface area contributed by atoms with E-state index in [1.54, 1.807) is 13.8 Å². The highest BCUT2D eigenvalue weighted by Gasteiger charge is 2.43. The minimum atomic E-state index is -1.09. The molecular formula is C10H18N2O4. The molecule has 0 saturated carbocycles. The SMILES string of the molecule is CC(C)(CN)C(=O)N1CC(O)CC1C(=O)O. The van der Waals surface area contributed by atoms with Gasteiger partial charge in [-0.15, -0.1) is 0 Å². The average Bonchev–Trinajstić information content (AvgIpc) is 2.59. The maximum absolute atomic E-state index is 12.0. The summed E-state index contributed by atoms with van der Waals surface area (Å²) in [7, 11) is 0. The molecule has 2 atom stereocenters. The van der Waals surface area contributed by atoms with Gasteiger partial charge in [-0.2, -0.15) is 0 Å². The molecule has 1 saturated heterocycles. The van der Waals surface area contributed by atoms with Crippen molar-refractivity contribution in [1.82, 2.24) is 4.90 Å². The van der Waals surface area contributed by atoms with Gasteiger partial charge in [-0.3, -0.25) is 4.79 Å². The number of nitrogens with zero attached hydrogens (tertiary/aromatic N) is 1. The van der Waals surface area contributed by atoms with Crippen LogP contribution >= 0.6 is 0 Å². The number of amides is 1. The molecule has 0 aliphatic carbocycles. The summed E-state index contributed by atoms with van der Waals surface area (Å²) >= 11 is 0. The Balaban J connectivity index is 2.86. The van der Waals surface area contributed by atoms with Crippen LogP contribution in [0.5, 0.6) is 0 Å². The molecule has 6 heteroatoms. The number of carboxylic acid groups (broad SMARTS) is 1. The van der Waals surface area contributed by atoms with Crippen LogP contribution in [-0.4, -0.2) is 52.2 Å². The van der Waals surface area contributed by atoms with Gasteiger partial charge in [0.05, 0.1) is 11.5 Å². The van der Waals surface area contributed by atoms with Crippen molar-refractivity contribution in [2.45, 2.75) is 32.4 Å². The lowest BCUT2D eigenvalue weighted by Crippen LogP contribution is -2.49. The summed E-state index contributed by atoms with van der Waals surface area (Å²) in [5.74, 6) is -1.41. The van der Waals surface area contributed by atoms with Gasteiger partial charge in [0.15, 0.2) is 0 Å². The number of nitrogens with two attached hydrogens (primary N) is 1. The van der Waals surface area contributed by atoms with E-state index in [4.69, 9.17) is 10.8 Å². The highest BCUT2D eigenvalue weighted by atomic mass is 16.4. The molecule has 1 amide bonds. The summed E-state index contributed by atoms with van der Waals surface area (Å²) < 4.78 is 0. The number of carbonyl (C=O) groups excluding carboxylic acids is 1. The van der Waals surface area contributed by atoms with Gasteiger partial charge in [0.2, 0.25) is 5.91 Å². The molecule has 0 aromatic heterocycles. The molecule has 1 rings (SSSR count). The molecule has 6 nitrogen and oxygen atoms in total. The predicted molar refractivity (Wildman–Crippen MR) is 56.6 cm³/mol. The van der Waals surface area contributed by atoms with Crippen molar-refractivity contribution in [2.75, 3.05) is 13.1 Å². The number of carbonyl (C=O) groups is 2. The number of hydrogen-bond donors (Lipinski definition) is 3. The first-order chi connectivity index (χ1) is 7.29. The number of hydrogen-bond acceptors (Lipinski definition) is 4. The zero-order chi connectivity index (χ0) is 12.5. The Kier molecular flexibility index (Phi) is 3.54. The van der Waals surface area contributed by atoms with Gasteiger partial charge < -0.3 is 20.8 Å². The van der Waals surface area contributed by atoms with Crippen LogP contribution in [-0.2, 0) is 9.59 Å². The molecule has 0 bridgehead atoms. The molecule has 1 aliphatic rings. The van der Waals surface area contributed by atoms with E-state index in [1.165, 1.54) is 4.90 Å².